The molecule has 0 aliphatic carbocycles. The lowest BCUT2D eigenvalue weighted by molar-refractivity contribution is 0.103. The van der Waals surface area contributed by atoms with Crippen LogP contribution < -0.4 is 5.32 Å². The standard InChI is InChI=1S/C18H14FNOS/c1-12-11-16(22-17(12)13-5-3-2-4-6-13)18(21)20-15-9-7-14(19)8-10-15/h2-11H,1H3,(H,20,21). The summed E-state index contributed by atoms with van der Waals surface area (Å²) in [6.45, 7) is 1.99. The van der Waals surface area contributed by atoms with Crippen molar-refractivity contribution in [2.24, 2.45) is 0 Å². The molecule has 22 heavy (non-hydrogen) atoms. The van der Waals surface area contributed by atoms with Crippen molar-refractivity contribution in [3.8, 4) is 10.4 Å². The lowest BCUT2D eigenvalue weighted by Gasteiger charge is -2.02. The van der Waals surface area contributed by atoms with Gasteiger partial charge in [0.15, 0.2) is 0 Å². The average molecular weight is 311 g/mol. The van der Waals surface area contributed by atoms with E-state index < -0.39 is 0 Å². The second-order valence-corrected chi connectivity index (χ2v) is 6.00. The van der Waals surface area contributed by atoms with E-state index in [9.17, 15) is 9.18 Å². The quantitative estimate of drug-likeness (QED) is 0.715. The minimum Gasteiger partial charge on any atom is -0.321 e. The summed E-state index contributed by atoms with van der Waals surface area (Å²) in [5, 5.41) is 2.78. The number of carbonyl (C=O) groups is 1. The van der Waals surface area contributed by atoms with E-state index in [0.717, 1.165) is 16.0 Å². The summed E-state index contributed by atoms with van der Waals surface area (Å²) in [6.07, 6.45) is 0. The molecule has 0 bridgehead atoms. The zero-order valence-electron chi connectivity index (χ0n) is 12.0. The van der Waals surface area contributed by atoms with Gasteiger partial charge in [-0.2, -0.15) is 0 Å². The summed E-state index contributed by atoms with van der Waals surface area (Å²) < 4.78 is 12.9. The van der Waals surface area contributed by atoms with E-state index in [4.69, 9.17) is 0 Å². The molecule has 0 spiro atoms. The molecule has 3 aromatic rings. The number of hydrogen-bond acceptors (Lipinski definition) is 2. The summed E-state index contributed by atoms with van der Waals surface area (Å²) in [6, 6.07) is 17.6. The van der Waals surface area contributed by atoms with Crippen LogP contribution in [0.2, 0.25) is 0 Å². The van der Waals surface area contributed by atoms with Crippen LogP contribution >= 0.6 is 11.3 Å². The molecular formula is C18H14FNOS. The third-order valence-electron chi connectivity index (χ3n) is 3.28. The molecule has 1 amide bonds. The minimum absolute atomic E-state index is 0.179. The summed E-state index contributed by atoms with van der Waals surface area (Å²) in [4.78, 5) is 14.0. The van der Waals surface area contributed by atoms with Crippen LogP contribution in [0.25, 0.3) is 10.4 Å². The lowest BCUT2D eigenvalue weighted by atomic mass is 10.1. The largest absolute Gasteiger partial charge is 0.321 e. The molecule has 0 aliphatic heterocycles. The van der Waals surface area contributed by atoms with E-state index in [1.807, 2.05) is 43.3 Å². The number of anilines is 1. The van der Waals surface area contributed by atoms with Crippen LogP contribution in [0, 0.1) is 12.7 Å². The number of halogens is 1. The molecule has 2 aromatic carbocycles. The molecular weight excluding hydrogens is 297 g/mol. The van der Waals surface area contributed by atoms with Crippen LogP contribution in [0.4, 0.5) is 10.1 Å². The number of hydrogen-bond donors (Lipinski definition) is 1. The van der Waals surface area contributed by atoms with Gasteiger partial charge in [-0.25, -0.2) is 4.39 Å². The Morgan fingerprint density at radius 1 is 1.05 bits per heavy atom. The van der Waals surface area contributed by atoms with Gasteiger partial charge in [0.1, 0.15) is 5.82 Å². The lowest BCUT2D eigenvalue weighted by Crippen LogP contribution is -2.09. The Morgan fingerprint density at radius 2 is 1.73 bits per heavy atom. The first-order valence-corrected chi connectivity index (χ1v) is 7.68. The molecule has 0 radical (unpaired) electrons. The number of thiophene rings is 1. The van der Waals surface area contributed by atoms with Crippen LogP contribution in [0.3, 0.4) is 0 Å². The van der Waals surface area contributed by atoms with Crippen molar-refractivity contribution in [3.05, 3.63) is 76.9 Å². The van der Waals surface area contributed by atoms with Gasteiger partial charge in [-0.15, -0.1) is 11.3 Å². The Labute approximate surface area is 132 Å². The van der Waals surface area contributed by atoms with Crippen LogP contribution in [-0.2, 0) is 0 Å². The molecule has 1 N–H and O–H groups in total. The summed E-state index contributed by atoms with van der Waals surface area (Å²) in [5.41, 5.74) is 2.75. The van der Waals surface area contributed by atoms with Gasteiger partial charge in [0.25, 0.3) is 5.91 Å². The Hall–Kier alpha value is -2.46. The van der Waals surface area contributed by atoms with Crippen LogP contribution in [0.5, 0.6) is 0 Å². The molecule has 0 atom stereocenters. The Balaban J connectivity index is 1.83. The molecule has 0 saturated carbocycles. The van der Waals surface area contributed by atoms with Gasteiger partial charge >= 0.3 is 0 Å². The van der Waals surface area contributed by atoms with Gasteiger partial charge in [-0.1, -0.05) is 30.3 Å². The number of carbonyl (C=O) groups excluding carboxylic acids is 1. The molecule has 0 aliphatic rings. The fraction of sp³-hybridized carbons (Fsp3) is 0.0556. The molecule has 0 saturated heterocycles. The first-order chi connectivity index (χ1) is 10.6. The molecule has 1 heterocycles. The summed E-state index contributed by atoms with van der Waals surface area (Å²) in [5.74, 6) is -0.502. The maximum Gasteiger partial charge on any atom is 0.265 e. The predicted octanol–water partition coefficient (Wildman–Crippen LogP) is 5.11. The third-order valence-corrected chi connectivity index (χ3v) is 4.56. The fourth-order valence-electron chi connectivity index (χ4n) is 2.20. The first-order valence-electron chi connectivity index (χ1n) is 6.86. The monoisotopic (exact) mass is 311 g/mol. The summed E-state index contributed by atoms with van der Waals surface area (Å²) >= 11 is 1.46. The first kappa shape index (κ1) is 14.5. The van der Waals surface area contributed by atoms with Crippen molar-refractivity contribution in [2.75, 3.05) is 5.32 Å². The van der Waals surface area contributed by atoms with Crippen molar-refractivity contribution in [1.29, 1.82) is 0 Å². The van der Waals surface area contributed by atoms with Gasteiger partial charge in [0.2, 0.25) is 0 Å². The molecule has 1 aromatic heterocycles. The van der Waals surface area contributed by atoms with Crippen LogP contribution in [-0.4, -0.2) is 5.91 Å². The second kappa shape index (κ2) is 6.12. The number of aryl methyl sites for hydroxylation is 1. The topological polar surface area (TPSA) is 29.1 Å². The average Bonchev–Trinajstić information content (AvgIpc) is 2.92. The van der Waals surface area contributed by atoms with E-state index >= 15 is 0 Å². The highest BCUT2D eigenvalue weighted by Crippen LogP contribution is 2.32. The SMILES string of the molecule is Cc1cc(C(=O)Nc2ccc(F)cc2)sc1-c1ccccc1. The predicted molar refractivity (Wildman–Crippen MR) is 88.8 cm³/mol. The molecule has 0 fully saturated rings. The zero-order chi connectivity index (χ0) is 15.5. The number of rotatable bonds is 3. The van der Waals surface area contributed by atoms with Crippen molar-refractivity contribution >= 4 is 22.9 Å². The third kappa shape index (κ3) is 3.07. The maximum atomic E-state index is 12.9. The van der Waals surface area contributed by atoms with E-state index in [1.54, 1.807) is 12.1 Å². The van der Waals surface area contributed by atoms with E-state index in [-0.39, 0.29) is 11.7 Å². The molecule has 0 unspecified atom stereocenters. The normalized spacial score (nSPS) is 10.5. The van der Waals surface area contributed by atoms with E-state index in [0.29, 0.717) is 10.6 Å². The zero-order valence-corrected chi connectivity index (χ0v) is 12.8. The smallest absolute Gasteiger partial charge is 0.265 e. The summed E-state index contributed by atoms with van der Waals surface area (Å²) in [7, 11) is 0. The maximum absolute atomic E-state index is 12.9. The van der Waals surface area contributed by atoms with Crippen LogP contribution in [0.1, 0.15) is 15.2 Å². The minimum atomic E-state index is -0.323. The number of benzene rings is 2. The van der Waals surface area contributed by atoms with Gasteiger partial charge in [-0.05, 0) is 48.4 Å². The number of nitrogens with one attached hydrogen (secondary N) is 1. The fourth-order valence-corrected chi connectivity index (χ4v) is 3.27. The van der Waals surface area contributed by atoms with Crippen molar-refractivity contribution in [3.63, 3.8) is 0 Å². The van der Waals surface area contributed by atoms with E-state index in [2.05, 4.69) is 5.32 Å². The van der Waals surface area contributed by atoms with Crippen LogP contribution in [0.15, 0.2) is 60.7 Å². The number of amides is 1. The van der Waals surface area contributed by atoms with Gasteiger partial charge < -0.3 is 5.32 Å². The Kier molecular flexibility index (Phi) is 4.02. The van der Waals surface area contributed by atoms with Crippen molar-refractivity contribution < 1.29 is 9.18 Å². The molecule has 110 valence electrons. The Bertz CT molecular complexity index is 794. The molecule has 4 heteroatoms. The van der Waals surface area contributed by atoms with E-state index in [1.165, 1.54) is 23.5 Å². The Morgan fingerprint density at radius 3 is 2.41 bits per heavy atom. The highest BCUT2D eigenvalue weighted by atomic mass is 32.1. The highest BCUT2D eigenvalue weighted by molar-refractivity contribution is 7.17. The highest BCUT2D eigenvalue weighted by Gasteiger charge is 2.13. The van der Waals surface area contributed by atoms with Gasteiger partial charge in [-0.3, -0.25) is 4.79 Å². The van der Waals surface area contributed by atoms with Gasteiger partial charge in [0, 0.05) is 10.6 Å². The van der Waals surface area contributed by atoms with Crippen molar-refractivity contribution in [1.82, 2.24) is 0 Å². The van der Waals surface area contributed by atoms with Gasteiger partial charge in [0.05, 0.1) is 4.88 Å². The molecule has 2 nitrogen and oxygen atoms in total. The van der Waals surface area contributed by atoms with Crippen molar-refractivity contribution in [2.45, 2.75) is 6.92 Å². The molecule has 3 rings (SSSR count). The second-order valence-electron chi connectivity index (χ2n) is 4.95.